The molecule has 0 saturated heterocycles. The Labute approximate surface area is 165 Å². The molecule has 8 heteroatoms. The first-order valence-electron chi connectivity index (χ1n) is 8.26. The number of halogens is 2. The van der Waals surface area contributed by atoms with E-state index in [0.717, 1.165) is 0 Å². The molecule has 0 atom stereocenters. The summed E-state index contributed by atoms with van der Waals surface area (Å²) < 4.78 is 15.5. The molecular weight excluding hydrogens is 381 g/mol. The normalized spacial score (nSPS) is 18.3. The molecule has 1 aromatic heterocycles. The molecule has 0 unspecified atom stereocenters. The second-order valence-electron chi connectivity index (χ2n) is 5.82. The van der Waals surface area contributed by atoms with Crippen molar-refractivity contribution >= 4 is 35.6 Å². The molecule has 1 aromatic carbocycles. The van der Waals surface area contributed by atoms with Crippen molar-refractivity contribution in [2.75, 3.05) is 14.1 Å². The Morgan fingerprint density at radius 3 is 2.54 bits per heavy atom. The molecule has 0 aliphatic carbocycles. The van der Waals surface area contributed by atoms with Crippen LogP contribution in [0.5, 0.6) is 0 Å². The molecule has 6 nitrogen and oxygen atoms in total. The van der Waals surface area contributed by atoms with Gasteiger partial charge in [-0.05, 0) is 18.9 Å². The van der Waals surface area contributed by atoms with Gasteiger partial charge in [0.25, 0.3) is 5.56 Å². The Hall–Kier alpha value is -3.32. The summed E-state index contributed by atoms with van der Waals surface area (Å²) in [5.41, 5.74) is 1.26. The number of hydrogen-bond acceptors (Lipinski definition) is 4. The molecule has 1 aliphatic rings. The summed E-state index contributed by atoms with van der Waals surface area (Å²) in [7, 11) is 3.21. The van der Waals surface area contributed by atoms with Crippen molar-refractivity contribution in [3.63, 3.8) is 0 Å². The number of H-pyrrole nitrogens is 1. The number of aromatic amines is 1. The summed E-state index contributed by atoms with van der Waals surface area (Å²) in [6.45, 7) is 3.46. The monoisotopic (exact) mass is 397 g/mol. The summed E-state index contributed by atoms with van der Waals surface area (Å²) in [6, 6.07) is 6.24. The number of nitrogens with one attached hydrogen (secondary N) is 2. The first-order chi connectivity index (χ1) is 13.5. The smallest absolute Gasteiger partial charge is 0.256 e. The van der Waals surface area contributed by atoms with Crippen LogP contribution in [0, 0.1) is 5.82 Å². The number of benzene rings is 1. The molecule has 2 heterocycles. The van der Waals surface area contributed by atoms with Gasteiger partial charge in [-0.25, -0.2) is 4.39 Å². The Balaban J connectivity index is 2.24. The maximum Gasteiger partial charge on any atom is 0.256 e. The minimum atomic E-state index is -0.563. The minimum Gasteiger partial charge on any atom is -0.327 e. The lowest BCUT2D eigenvalue weighted by atomic mass is 9.94. The number of aliphatic imine (C=N–C) groups is 3. The van der Waals surface area contributed by atoms with E-state index in [4.69, 9.17) is 11.6 Å². The van der Waals surface area contributed by atoms with Crippen molar-refractivity contribution in [2.24, 2.45) is 15.0 Å². The fourth-order valence-electron chi connectivity index (χ4n) is 2.91. The van der Waals surface area contributed by atoms with Crippen LogP contribution >= 0.6 is 11.6 Å². The average Bonchev–Trinajstić information content (AvgIpc) is 2.70. The third kappa shape index (κ3) is 3.57. The van der Waals surface area contributed by atoms with Gasteiger partial charge in [0.1, 0.15) is 17.5 Å². The van der Waals surface area contributed by atoms with Gasteiger partial charge in [0.05, 0.1) is 10.6 Å². The Morgan fingerprint density at radius 1 is 1.14 bits per heavy atom. The molecule has 0 radical (unpaired) electrons. The number of aromatic nitrogens is 1. The molecule has 0 fully saturated rings. The third-order valence-corrected chi connectivity index (χ3v) is 4.41. The minimum absolute atomic E-state index is 0.139. The Kier molecular flexibility index (Phi) is 5.65. The molecule has 0 amide bonds. The maximum absolute atomic E-state index is 15.5. The highest BCUT2D eigenvalue weighted by Crippen LogP contribution is 2.30. The second kappa shape index (κ2) is 8.14. The molecule has 1 aliphatic heterocycles. The van der Waals surface area contributed by atoms with E-state index in [-0.39, 0.29) is 16.7 Å². The summed E-state index contributed by atoms with van der Waals surface area (Å²) >= 11 is 5.97. The van der Waals surface area contributed by atoms with Gasteiger partial charge in [-0.3, -0.25) is 19.8 Å². The number of hydrogen-bond donors (Lipinski definition) is 2. The lowest BCUT2D eigenvalue weighted by Gasteiger charge is -2.22. The van der Waals surface area contributed by atoms with Crippen LogP contribution in [0.4, 0.5) is 4.39 Å². The quantitative estimate of drug-likeness (QED) is 0.777. The molecule has 2 N–H and O–H groups in total. The summed E-state index contributed by atoms with van der Waals surface area (Å²) in [5.74, 6) is 0.421. The molecule has 3 rings (SSSR count). The van der Waals surface area contributed by atoms with Crippen molar-refractivity contribution in [3.8, 4) is 11.1 Å². The molecule has 0 bridgehead atoms. The van der Waals surface area contributed by atoms with Gasteiger partial charge in [-0.15, -0.1) is 0 Å². The van der Waals surface area contributed by atoms with Gasteiger partial charge in [-0.2, -0.15) is 0 Å². The zero-order valence-electron chi connectivity index (χ0n) is 15.3. The zero-order valence-corrected chi connectivity index (χ0v) is 16.0. The van der Waals surface area contributed by atoms with Gasteiger partial charge in [0.2, 0.25) is 0 Å². The molecule has 142 valence electrons. The van der Waals surface area contributed by atoms with E-state index in [1.54, 1.807) is 32.3 Å². The van der Waals surface area contributed by atoms with Crippen molar-refractivity contribution in [2.45, 2.75) is 0 Å². The van der Waals surface area contributed by atoms with E-state index in [9.17, 15) is 4.79 Å². The van der Waals surface area contributed by atoms with E-state index < -0.39 is 11.4 Å². The van der Waals surface area contributed by atoms with Gasteiger partial charge < -0.3 is 10.3 Å². The van der Waals surface area contributed by atoms with E-state index in [1.807, 2.05) is 0 Å². The predicted octanol–water partition coefficient (Wildman–Crippen LogP) is 3.46. The lowest BCUT2D eigenvalue weighted by Crippen LogP contribution is -2.36. The van der Waals surface area contributed by atoms with Crippen LogP contribution in [0.3, 0.4) is 0 Å². The molecule has 2 aromatic rings. The van der Waals surface area contributed by atoms with Crippen LogP contribution in [0.15, 0.2) is 68.1 Å². The van der Waals surface area contributed by atoms with Crippen LogP contribution in [0.1, 0.15) is 5.56 Å². The van der Waals surface area contributed by atoms with E-state index in [1.165, 1.54) is 24.5 Å². The Morgan fingerprint density at radius 2 is 1.86 bits per heavy atom. The van der Waals surface area contributed by atoms with Crippen LogP contribution in [-0.2, 0) is 0 Å². The first kappa shape index (κ1) is 19.4. The fourth-order valence-corrected chi connectivity index (χ4v) is 3.08. The van der Waals surface area contributed by atoms with Crippen LogP contribution in [0.2, 0.25) is 5.02 Å². The number of amidine groups is 2. The van der Waals surface area contributed by atoms with Crippen molar-refractivity contribution < 1.29 is 4.39 Å². The first-order valence-corrected chi connectivity index (χ1v) is 8.64. The van der Waals surface area contributed by atoms with E-state index in [0.29, 0.717) is 27.8 Å². The average molecular weight is 398 g/mol. The SMILES string of the molecule is C=N/C=C1/C=C(c2cccc(-c3cc(Cl)c[nH]c3=O)c2F)C(=NC)NC1=NC. The van der Waals surface area contributed by atoms with Crippen molar-refractivity contribution in [3.05, 3.63) is 75.1 Å². The van der Waals surface area contributed by atoms with Gasteiger partial charge >= 0.3 is 0 Å². The van der Waals surface area contributed by atoms with Gasteiger partial charge in [-0.1, -0.05) is 29.8 Å². The largest absolute Gasteiger partial charge is 0.327 e. The standard InChI is InChI=1S/C20H17ClFN5O/c1-23-9-11-7-15(19(25-3)27-18(11)24-2)13-5-4-6-14(17(13)22)16-8-12(21)10-26-20(16)28/h4-10H,1H2,2-3H3,(H,26,28)(H,24,25,27)/b11-9-. The summed E-state index contributed by atoms with van der Waals surface area (Å²) in [4.78, 5) is 26.8. The number of rotatable bonds is 3. The Bertz CT molecular complexity index is 1130. The lowest BCUT2D eigenvalue weighted by molar-refractivity contribution is 0.627. The second-order valence-corrected chi connectivity index (χ2v) is 6.26. The summed E-state index contributed by atoms with van der Waals surface area (Å²) in [6.07, 6.45) is 4.60. The maximum atomic E-state index is 15.5. The van der Waals surface area contributed by atoms with Crippen LogP contribution in [-0.4, -0.2) is 37.5 Å². The van der Waals surface area contributed by atoms with E-state index in [2.05, 4.69) is 32.0 Å². The third-order valence-electron chi connectivity index (χ3n) is 4.19. The summed E-state index contributed by atoms with van der Waals surface area (Å²) in [5, 5.41) is 3.37. The highest BCUT2D eigenvalue weighted by atomic mass is 35.5. The molecule has 28 heavy (non-hydrogen) atoms. The molecule has 0 spiro atoms. The van der Waals surface area contributed by atoms with Gasteiger partial charge in [0, 0.05) is 48.8 Å². The number of pyridine rings is 1. The van der Waals surface area contributed by atoms with E-state index >= 15 is 4.39 Å². The van der Waals surface area contributed by atoms with Crippen LogP contribution < -0.4 is 10.9 Å². The molecule has 0 saturated carbocycles. The number of nitrogens with zero attached hydrogens (tertiary/aromatic N) is 3. The predicted molar refractivity (Wildman–Crippen MR) is 113 cm³/mol. The topological polar surface area (TPSA) is 82.0 Å². The fraction of sp³-hybridized carbons (Fsp3) is 0.100. The van der Waals surface area contributed by atoms with Crippen molar-refractivity contribution in [1.82, 2.24) is 10.3 Å². The van der Waals surface area contributed by atoms with Gasteiger partial charge in [0.15, 0.2) is 0 Å². The highest BCUT2D eigenvalue weighted by molar-refractivity contribution is 6.33. The molecular formula is C20H17ClFN5O. The zero-order chi connectivity index (χ0) is 20.3. The van der Waals surface area contributed by atoms with Crippen molar-refractivity contribution in [1.29, 1.82) is 0 Å². The van der Waals surface area contributed by atoms with Crippen LogP contribution in [0.25, 0.3) is 16.7 Å². The highest BCUT2D eigenvalue weighted by Gasteiger charge is 2.24.